The zero-order chi connectivity index (χ0) is 15.8. The Bertz CT molecular complexity index is 673. The lowest BCUT2D eigenvalue weighted by Gasteiger charge is -2.13. The lowest BCUT2D eigenvalue weighted by Crippen LogP contribution is -2.27. The molecule has 0 heterocycles. The minimum atomic E-state index is -4.04. The molecule has 2 unspecified atom stereocenters. The molecule has 0 saturated heterocycles. The van der Waals surface area contributed by atoms with Gasteiger partial charge in [-0.2, -0.15) is 0 Å². The van der Waals surface area contributed by atoms with E-state index in [1.165, 1.54) is 26.4 Å². The number of carbonyl (C=O) groups excluding carboxylic acids is 1. The molecule has 1 aromatic rings. The summed E-state index contributed by atoms with van der Waals surface area (Å²) in [5.74, 6) is 0.278. The number of carbonyl (C=O) groups is 1. The Balaban J connectivity index is 2.45. The summed E-state index contributed by atoms with van der Waals surface area (Å²) in [4.78, 5) is 12.0. The maximum Gasteiger partial charge on any atom is 0.265 e. The maximum absolute atomic E-state index is 12.2. The molecule has 1 aliphatic rings. The minimum Gasteiger partial charge on any atom is -0.496 e. The average molecular weight is 334 g/mol. The summed E-state index contributed by atoms with van der Waals surface area (Å²) in [6, 6.07) is 2.61. The van der Waals surface area contributed by atoms with Gasteiger partial charge >= 0.3 is 0 Å². The highest BCUT2D eigenvalue weighted by Gasteiger charge is 2.35. The molecule has 1 aliphatic carbocycles. The molecule has 21 heavy (non-hydrogen) atoms. The fourth-order valence-electron chi connectivity index (χ4n) is 2.01. The van der Waals surface area contributed by atoms with Gasteiger partial charge in [0.2, 0.25) is 0 Å². The monoisotopic (exact) mass is 333 g/mol. The Hall–Kier alpha value is -1.47. The van der Waals surface area contributed by atoms with Crippen molar-refractivity contribution < 1.29 is 22.7 Å². The summed E-state index contributed by atoms with van der Waals surface area (Å²) in [6.45, 7) is 2.02. The summed E-state index contributed by atoms with van der Waals surface area (Å²) >= 11 is 0. The first kappa shape index (κ1) is 15.9. The zero-order valence-electron chi connectivity index (χ0n) is 11.8. The van der Waals surface area contributed by atoms with E-state index in [1.54, 1.807) is 0 Å². The van der Waals surface area contributed by atoms with Gasteiger partial charge in [-0.3, -0.25) is 4.79 Å². The summed E-state index contributed by atoms with van der Waals surface area (Å²) in [5, 5.41) is 2.81. The first-order valence-electron chi connectivity index (χ1n) is 6.29. The second kappa shape index (κ2) is 5.73. The van der Waals surface area contributed by atoms with Gasteiger partial charge in [0.25, 0.3) is 15.0 Å². The highest BCUT2D eigenvalue weighted by molar-refractivity contribution is 8.13. The van der Waals surface area contributed by atoms with E-state index in [0.717, 1.165) is 6.42 Å². The van der Waals surface area contributed by atoms with Gasteiger partial charge in [0, 0.05) is 22.8 Å². The molecule has 0 bridgehead atoms. The van der Waals surface area contributed by atoms with E-state index in [0.29, 0.717) is 5.92 Å². The number of halogens is 1. The number of ether oxygens (including phenoxy) is 2. The Morgan fingerprint density at radius 1 is 1.29 bits per heavy atom. The fraction of sp³-hybridized carbons (Fsp3) is 0.462. The molecule has 0 aromatic heterocycles. The third-order valence-electron chi connectivity index (χ3n) is 3.42. The number of rotatable bonds is 5. The molecular formula is C13H16ClNO5S. The van der Waals surface area contributed by atoms with Gasteiger partial charge in [-0.25, -0.2) is 8.42 Å². The lowest BCUT2D eigenvalue weighted by molar-refractivity contribution is 0.0946. The minimum absolute atomic E-state index is 0.0261. The standard InChI is InChI=1S/C13H16ClNO5S/c1-7-4-9(7)15-13(16)8-5-12(21(14,17)18)11(20-3)6-10(8)19-2/h5-7,9H,4H2,1-3H3,(H,15,16). The number of nitrogens with one attached hydrogen (secondary N) is 1. The van der Waals surface area contributed by atoms with Crippen molar-refractivity contribution in [2.24, 2.45) is 5.92 Å². The van der Waals surface area contributed by atoms with E-state index in [9.17, 15) is 13.2 Å². The summed E-state index contributed by atoms with van der Waals surface area (Å²) in [5.41, 5.74) is 0.108. The van der Waals surface area contributed by atoms with Crippen LogP contribution in [-0.2, 0) is 9.05 Å². The molecule has 116 valence electrons. The van der Waals surface area contributed by atoms with Crippen LogP contribution in [-0.4, -0.2) is 34.6 Å². The van der Waals surface area contributed by atoms with Crippen LogP contribution in [0.4, 0.5) is 0 Å². The van der Waals surface area contributed by atoms with Crippen LogP contribution in [0.5, 0.6) is 11.5 Å². The van der Waals surface area contributed by atoms with Crippen LogP contribution in [0.3, 0.4) is 0 Å². The molecule has 0 radical (unpaired) electrons. The Labute approximate surface area is 127 Å². The second-order valence-electron chi connectivity index (χ2n) is 4.93. The van der Waals surface area contributed by atoms with Gasteiger partial charge < -0.3 is 14.8 Å². The smallest absolute Gasteiger partial charge is 0.265 e. The van der Waals surface area contributed by atoms with Crippen molar-refractivity contribution in [3.63, 3.8) is 0 Å². The molecule has 2 rings (SSSR count). The van der Waals surface area contributed by atoms with Crippen molar-refractivity contribution in [3.05, 3.63) is 17.7 Å². The predicted octanol–water partition coefficient (Wildman–Crippen LogP) is 1.77. The highest BCUT2D eigenvalue weighted by Crippen LogP contribution is 2.35. The fourth-order valence-corrected chi connectivity index (χ4v) is 3.01. The molecule has 1 fully saturated rings. The molecule has 1 aromatic carbocycles. The molecule has 6 nitrogen and oxygen atoms in total. The van der Waals surface area contributed by atoms with E-state index >= 15 is 0 Å². The van der Waals surface area contributed by atoms with Gasteiger partial charge in [-0.05, 0) is 18.4 Å². The summed E-state index contributed by atoms with van der Waals surface area (Å²) in [7, 11) is 4.04. The van der Waals surface area contributed by atoms with E-state index in [4.69, 9.17) is 20.2 Å². The Kier molecular flexibility index (Phi) is 4.34. The molecule has 1 amide bonds. The van der Waals surface area contributed by atoms with Crippen molar-refractivity contribution in [2.45, 2.75) is 24.3 Å². The van der Waals surface area contributed by atoms with Crippen LogP contribution >= 0.6 is 10.7 Å². The largest absolute Gasteiger partial charge is 0.496 e. The maximum atomic E-state index is 12.2. The molecule has 8 heteroatoms. The SMILES string of the molecule is COc1cc(OC)c(S(=O)(=O)Cl)cc1C(=O)NC1CC1C. The second-order valence-corrected chi connectivity index (χ2v) is 7.47. The number of methoxy groups -OCH3 is 2. The topological polar surface area (TPSA) is 81.7 Å². The first-order chi connectivity index (χ1) is 9.77. The molecule has 0 aliphatic heterocycles. The third-order valence-corrected chi connectivity index (χ3v) is 4.76. The van der Waals surface area contributed by atoms with Crippen molar-refractivity contribution in [1.82, 2.24) is 5.32 Å². The first-order valence-corrected chi connectivity index (χ1v) is 8.60. The van der Waals surface area contributed by atoms with Crippen LogP contribution in [0.15, 0.2) is 17.0 Å². The van der Waals surface area contributed by atoms with Crippen LogP contribution in [0.1, 0.15) is 23.7 Å². The Morgan fingerprint density at radius 2 is 1.86 bits per heavy atom. The number of hydrogen-bond acceptors (Lipinski definition) is 5. The van der Waals surface area contributed by atoms with Gasteiger partial charge in [-0.1, -0.05) is 6.92 Å². The van der Waals surface area contributed by atoms with Gasteiger partial charge in [0.05, 0.1) is 19.8 Å². The van der Waals surface area contributed by atoms with Crippen LogP contribution in [0.2, 0.25) is 0 Å². The number of benzene rings is 1. The zero-order valence-corrected chi connectivity index (χ0v) is 13.4. The van der Waals surface area contributed by atoms with Crippen LogP contribution in [0, 0.1) is 5.92 Å². The number of hydrogen-bond donors (Lipinski definition) is 1. The Morgan fingerprint density at radius 3 is 2.29 bits per heavy atom. The third kappa shape index (κ3) is 3.41. The van der Waals surface area contributed by atoms with Crippen LogP contribution in [0.25, 0.3) is 0 Å². The van der Waals surface area contributed by atoms with Gasteiger partial charge in [0.1, 0.15) is 16.4 Å². The quantitative estimate of drug-likeness (QED) is 0.830. The summed E-state index contributed by atoms with van der Waals surface area (Å²) < 4.78 is 33.3. The molecular weight excluding hydrogens is 318 g/mol. The van der Waals surface area contributed by atoms with Crippen molar-refractivity contribution in [1.29, 1.82) is 0 Å². The van der Waals surface area contributed by atoms with Gasteiger partial charge in [-0.15, -0.1) is 0 Å². The highest BCUT2D eigenvalue weighted by atomic mass is 35.7. The van der Waals surface area contributed by atoms with E-state index in [-0.39, 0.29) is 28.0 Å². The van der Waals surface area contributed by atoms with E-state index < -0.39 is 15.0 Å². The molecule has 2 atom stereocenters. The normalized spacial score (nSPS) is 20.8. The van der Waals surface area contributed by atoms with Crippen molar-refractivity contribution in [2.75, 3.05) is 14.2 Å². The molecule has 0 spiro atoms. The molecule has 1 N–H and O–H groups in total. The summed E-state index contributed by atoms with van der Waals surface area (Å²) in [6.07, 6.45) is 0.908. The predicted molar refractivity (Wildman–Crippen MR) is 77.6 cm³/mol. The van der Waals surface area contributed by atoms with E-state index in [1.807, 2.05) is 6.92 Å². The van der Waals surface area contributed by atoms with Crippen LogP contribution < -0.4 is 14.8 Å². The van der Waals surface area contributed by atoms with Gasteiger partial charge in [0.15, 0.2) is 0 Å². The molecule has 1 saturated carbocycles. The number of amides is 1. The van der Waals surface area contributed by atoms with E-state index in [2.05, 4.69) is 5.32 Å². The average Bonchev–Trinajstić information content (AvgIpc) is 3.11. The lowest BCUT2D eigenvalue weighted by atomic mass is 10.1. The van der Waals surface area contributed by atoms with Crippen molar-refractivity contribution >= 4 is 25.6 Å². The van der Waals surface area contributed by atoms with Crippen molar-refractivity contribution in [3.8, 4) is 11.5 Å².